The van der Waals surface area contributed by atoms with E-state index in [4.69, 9.17) is 5.26 Å². The Labute approximate surface area is 95.2 Å². The molecule has 0 amide bonds. The van der Waals surface area contributed by atoms with Gasteiger partial charge in [-0.1, -0.05) is 13.3 Å². The third-order valence-electron chi connectivity index (χ3n) is 1.98. The Balaban J connectivity index is 2.85. The minimum atomic E-state index is -3.63. The summed E-state index contributed by atoms with van der Waals surface area (Å²) < 4.78 is 25.9. The number of pyridine rings is 1. The molecule has 0 aliphatic rings. The van der Waals surface area contributed by atoms with Crippen LogP contribution in [0, 0.1) is 11.3 Å². The van der Waals surface area contributed by atoms with Crippen LogP contribution in [0.15, 0.2) is 29.4 Å². The third kappa shape index (κ3) is 3.29. The van der Waals surface area contributed by atoms with Crippen molar-refractivity contribution in [1.29, 1.82) is 5.26 Å². The quantitative estimate of drug-likeness (QED) is 0.832. The van der Waals surface area contributed by atoms with Crippen LogP contribution < -0.4 is 4.72 Å². The van der Waals surface area contributed by atoms with Gasteiger partial charge >= 0.3 is 0 Å². The highest BCUT2D eigenvalue weighted by molar-refractivity contribution is 7.89. The van der Waals surface area contributed by atoms with E-state index in [-0.39, 0.29) is 4.90 Å². The normalized spacial score (nSPS) is 13.0. The average molecular weight is 239 g/mol. The number of nitrogens with one attached hydrogen (secondary N) is 1. The van der Waals surface area contributed by atoms with Crippen LogP contribution in [0.5, 0.6) is 0 Å². The van der Waals surface area contributed by atoms with Crippen LogP contribution in [0.1, 0.15) is 19.8 Å². The van der Waals surface area contributed by atoms with E-state index >= 15 is 0 Å². The van der Waals surface area contributed by atoms with Gasteiger partial charge in [0.2, 0.25) is 10.0 Å². The van der Waals surface area contributed by atoms with Crippen molar-refractivity contribution in [3.63, 3.8) is 0 Å². The van der Waals surface area contributed by atoms with Gasteiger partial charge in [0, 0.05) is 12.4 Å². The standard InChI is InChI=1S/C10H13N3O2S/c1-2-4-9(7-11)13-16(14,15)10-5-3-6-12-8-10/h3,5-6,8-9,13H,2,4H2,1H3. The molecule has 0 fully saturated rings. The number of aromatic nitrogens is 1. The van der Waals surface area contributed by atoms with Crippen LogP contribution in [0.2, 0.25) is 0 Å². The second-order valence-corrected chi connectivity index (χ2v) is 4.99. The van der Waals surface area contributed by atoms with Gasteiger partial charge in [0.25, 0.3) is 0 Å². The van der Waals surface area contributed by atoms with E-state index in [1.807, 2.05) is 13.0 Å². The van der Waals surface area contributed by atoms with Crippen molar-refractivity contribution in [1.82, 2.24) is 9.71 Å². The summed E-state index contributed by atoms with van der Waals surface area (Å²) in [6.45, 7) is 1.89. The van der Waals surface area contributed by atoms with E-state index in [1.54, 1.807) is 0 Å². The molecule has 1 rings (SSSR count). The Morgan fingerprint density at radius 2 is 2.38 bits per heavy atom. The molecule has 5 nitrogen and oxygen atoms in total. The number of nitrogens with zero attached hydrogens (tertiary/aromatic N) is 2. The van der Waals surface area contributed by atoms with E-state index in [2.05, 4.69) is 9.71 Å². The number of rotatable bonds is 5. The number of sulfonamides is 1. The smallest absolute Gasteiger partial charge is 0.243 e. The summed E-state index contributed by atoms with van der Waals surface area (Å²) in [7, 11) is -3.63. The van der Waals surface area contributed by atoms with Gasteiger partial charge in [-0.2, -0.15) is 9.98 Å². The minimum Gasteiger partial charge on any atom is -0.263 e. The summed E-state index contributed by atoms with van der Waals surface area (Å²) >= 11 is 0. The Morgan fingerprint density at radius 1 is 1.62 bits per heavy atom. The zero-order valence-corrected chi connectivity index (χ0v) is 9.74. The van der Waals surface area contributed by atoms with Crippen molar-refractivity contribution >= 4 is 10.0 Å². The van der Waals surface area contributed by atoms with Gasteiger partial charge < -0.3 is 0 Å². The molecule has 1 heterocycles. The van der Waals surface area contributed by atoms with Crippen molar-refractivity contribution in [3.05, 3.63) is 24.5 Å². The molecule has 0 aromatic carbocycles. The first-order chi connectivity index (χ1) is 7.60. The predicted molar refractivity (Wildman–Crippen MR) is 58.9 cm³/mol. The molecule has 0 saturated carbocycles. The monoisotopic (exact) mass is 239 g/mol. The molecule has 1 unspecified atom stereocenters. The maximum Gasteiger partial charge on any atom is 0.243 e. The van der Waals surface area contributed by atoms with Crippen LogP contribution >= 0.6 is 0 Å². The highest BCUT2D eigenvalue weighted by Crippen LogP contribution is 2.07. The average Bonchev–Trinajstić information content (AvgIpc) is 2.29. The van der Waals surface area contributed by atoms with Gasteiger partial charge in [-0.25, -0.2) is 8.42 Å². The zero-order valence-electron chi connectivity index (χ0n) is 8.92. The first kappa shape index (κ1) is 12.6. The molecule has 0 radical (unpaired) electrons. The topological polar surface area (TPSA) is 82.9 Å². The molecule has 0 spiro atoms. The lowest BCUT2D eigenvalue weighted by molar-refractivity contribution is 0.562. The summed E-state index contributed by atoms with van der Waals surface area (Å²) in [6, 6.07) is 4.21. The molecule has 6 heteroatoms. The molecule has 86 valence electrons. The molecular formula is C10H13N3O2S. The molecule has 0 aliphatic heterocycles. The van der Waals surface area contributed by atoms with E-state index in [0.717, 1.165) is 6.42 Å². The van der Waals surface area contributed by atoms with Gasteiger partial charge in [0.15, 0.2) is 0 Å². The van der Waals surface area contributed by atoms with Crippen molar-refractivity contribution in [2.24, 2.45) is 0 Å². The first-order valence-corrected chi connectivity index (χ1v) is 6.40. The Kier molecular flexibility index (Phi) is 4.40. The number of hydrogen-bond acceptors (Lipinski definition) is 4. The van der Waals surface area contributed by atoms with E-state index in [9.17, 15) is 8.42 Å². The lowest BCUT2D eigenvalue weighted by Gasteiger charge is -2.10. The second-order valence-electron chi connectivity index (χ2n) is 3.28. The van der Waals surface area contributed by atoms with Crippen LogP contribution in [0.25, 0.3) is 0 Å². The largest absolute Gasteiger partial charge is 0.263 e. The fraction of sp³-hybridized carbons (Fsp3) is 0.400. The highest BCUT2D eigenvalue weighted by Gasteiger charge is 2.18. The molecule has 0 bridgehead atoms. The lowest BCUT2D eigenvalue weighted by atomic mass is 10.2. The fourth-order valence-corrected chi connectivity index (χ4v) is 2.34. The maximum atomic E-state index is 11.8. The Hall–Kier alpha value is -1.45. The summed E-state index contributed by atoms with van der Waals surface area (Å²) in [5.74, 6) is 0. The molecule has 16 heavy (non-hydrogen) atoms. The van der Waals surface area contributed by atoms with Crippen LogP contribution in [-0.2, 0) is 10.0 Å². The predicted octanol–water partition coefficient (Wildman–Crippen LogP) is 1.05. The Morgan fingerprint density at radius 3 is 2.88 bits per heavy atom. The summed E-state index contributed by atoms with van der Waals surface area (Å²) in [4.78, 5) is 3.80. The SMILES string of the molecule is CCCC(C#N)NS(=O)(=O)c1cccnc1. The van der Waals surface area contributed by atoms with Gasteiger partial charge in [0.1, 0.15) is 10.9 Å². The lowest BCUT2D eigenvalue weighted by Crippen LogP contribution is -2.33. The van der Waals surface area contributed by atoms with Gasteiger partial charge in [0.05, 0.1) is 6.07 Å². The van der Waals surface area contributed by atoms with Crippen molar-refractivity contribution in [3.8, 4) is 6.07 Å². The zero-order chi connectivity index (χ0) is 12.0. The number of nitriles is 1. The molecule has 0 saturated heterocycles. The molecule has 1 aromatic heterocycles. The first-order valence-electron chi connectivity index (χ1n) is 4.92. The van der Waals surface area contributed by atoms with Gasteiger partial charge in [-0.05, 0) is 18.6 Å². The molecule has 0 aliphatic carbocycles. The van der Waals surface area contributed by atoms with Crippen molar-refractivity contribution in [2.45, 2.75) is 30.7 Å². The van der Waals surface area contributed by atoms with Crippen LogP contribution in [0.3, 0.4) is 0 Å². The van der Waals surface area contributed by atoms with Crippen molar-refractivity contribution in [2.75, 3.05) is 0 Å². The molecular weight excluding hydrogens is 226 g/mol. The molecule has 1 N–H and O–H groups in total. The van der Waals surface area contributed by atoms with Gasteiger partial charge in [-0.15, -0.1) is 0 Å². The maximum absolute atomic E-state index is 11.8. The van der Waals surface area contributed by atoms with Crippen molar-refractivity contribution < 1.29 is 8.42 Å². The third-order valence-corrected chi connectivity index (χ3v) is 3.43. The second kappa shape index (κ2) is 5.58. The number of hydrogen-bond donors (Lipinski definition) is 1. The molecule has 1 atom stereocenters. The molecule has 1 aromatic rings. The van der Waals surface area contributed by atoms with E-state index < -0.39 is 16.1 Å². The highest BCUT2D eigenvalue weighted by atomic mass is 32.2. The van der Waals surface area contributed by atoms with Crippen LogP contribution in [0.4, 0.5) is 0 Å². The summed E-state index contributed by atoms with van der Waals surface area (Å²) in [5.41, 5.74) is 0. The van der Waals surface area contributed by atoms with Gasteiger partial charge in [-0.3, -0.25) is 4.98 Å². The van der Waals surface area contributed by atoms with Crippen LogP contribution in [-0.4, -0.2) is 19.4 Å². The summed E-state index contributed by atoms with van der Waals surface area (Å²) in [6.07, 6.45) is 3.99. The minimum absolute atomic E-state index is 0.0753. The Bertz CT molecular complexity index is 465. The van der Waals surface area contributed by atoms with E-state index in [0.29, 0.717) is 6.42 Å². The summed E-state index contributed by atoms with van der Waals surface area (Å²) in [5, 5.41) is 8.77. The fourth-order valence-electron chi connectivity index (χ4n) is 1.20. The van der Waals surface area contributed by atoms with E-state index in [1.165, 1.54) is 24.5 Å².